The highest BCUT2D eigenvalue weighted by molar-refractivity contribution is 8.00. The number of carboxylic acid groups (broad SMARTS) is 1. The first kappa shape index (κ1) is 16.5. The molecule has 21 heavy (non-hydrogen) atoms. The summed E-state index contributed by atoms with van der Waals surface area (Å²) in [7, 11) is 0. The van der Waals surface area contributed by atoms with Crippen molar-refractivity contribution >= 4 is 46.8 Å². The van der Waals surface area contributed by atoms with Gasteiger partial charge in [-0.1, -0.05) is 23.2 Å². The number of carbonyl (C=O) groups excluding carboxylic acids is 1. The fraction of sp³-hybridized carbons (Fsp3) is 0.429. The van der Waals surface area contributed by atoms with E-state index in [1.54, 1.807) is 23.1 Å². The number of hydrogen-bond acceptors (Lipinski definition) is 3. The Morgan fingerprint density at radius 3 is 2.86 bits per heavy atom. The second-order valence-corrected chi connectivity index (χ2v) is 6.74. The van der Waals surface area contributed by atoms with Crippen LogP contribution in [0.2, 0.25) is 10.0 Å². The van der Waals surface area contributed by atoms with E-state index in [2.05, 4.69) is 0 Å². The maximum Gasteiger partial charge on any atom is 0.308 e. The zero-order valence-corrected chi connectivity index (χ0v) is 13.5. The molecule has 1 heterocycles. The number of amides is 1. The molecular formula is C14H15Cl2NO3S. The maximum absolute atomic E-state index is 12.2. The van der Waals surface area contributed by atoms with Gasteiger partial charge >= 0.3 is 5.97 Å². The predicted octanol–water partition coefficient (Wildman–Crippen LogP) is 3.41. The number of benzene rings is 1. The van der Waals surface area contributed by atoms with E-state index in [4.69, 9.17) is 28.3 Å². The molecule has 1 aromatic rings. The monoisotopic (exact) mass is 347 g/mol. The first-order chi connectivity index (χ1) is 9.97. The summed E-state index contributed by atoms with van der Waals surface area (Å²) in [6, 6.07) is 5.11. The molecule has 0 radical (unpaired) electrons. The number of thioether (sulfide) groups is 1. The minimum atomic E-state index is -0.835. The van der Waals surface area contributed by atoms with Crippen LogP contribution in [0.15, 0.2) is 23.1 Å². The van der Waals surface area contributed by atoms with Crippen LogP contribution in [0.3, 0.4) is 0 Å². The standard InChI is InChI=1S/C14H15Cl2NO3S/c15-10-3-4-11(16)12(6-10)21-8-13(18)17-5-1-2-9(7-17)14(19)20/h3-4,6,9H,1-2,5,7-8H2,(H,19,20)/t9-/m0/s1. The number of likely N-dealkylation sites (tertiary alicyclic amines) is 1. The Kier molecular flexibility index (Phi) is 5.79. The number of piperidine rings is 1. The lowest BCUT2D eigenvalue weighted by Gasteiger charge is -2.30. The number of halogens is 2. The quantitative estimate of drug-likeness (QED) is 0.848. The average molecular weight is 348 g/mol. The van der Waals surface area contributed by atoms with Crippen molar-refractivity contribution in [2.24, 2.45) is 5.92 Å². The van der Waals surface area contributed by atoms with Gasteiger partial charge in [-0.25, -0.2) is 0 Å². The first-order valence-electron chi connectivity index (χ1n) is 6.56. The number of hydrogen-bond donors (Lipinski definition) is 1. The molecule has 1 aliphatic heterocycles. The molecule has 0 bridgehead atoms. The van der Waals surface area contributed by atoms with Crippen LogP contribution in [0.4, 0.5) is 0 Å². The van der Waals surface area contributed by atoms with Crippen molar-refractivity contribution in [3.05, 3.63) is 28.2 Å². The number of carboxylic acids is 1. The maximum atomic E-state index is 12.2. The molecule has 1 atom stereocenters. The third-order valence-corrected chi connectivity index (χ3v) is 5.08. The van der Waals surface area contributed by atoms with Crippen LogP contribution in [0, 0.1) is 5.92 Å². The molecule has 1 saturated heterocycles. The SMILES string of the molecule is O=C(O)[C@H]1CCCN(C(=O)CSc2cc(Cl)ccc2Cl)C1. The molecule has 1 N–H and O–H groups in total. The predicted molar refractivity (Wildman–Crippen MR) is 84.1 cm³/mol. The van der Waals surface area contributed by atoms with Gasteiger partial charge in [-0.3, -0.25) is 9.59 Å². The lowest BCUT2D eigenvalue weighted by atomic mass is 9.98. The van der Waals surface area contributed by atoms with Crippen molar-refractivity contribution in [1.82, 2.24) is 4.90 Å². The van der Waals surface area contributed by atoms with E-state index >= 15 is 0 Å². The van der Waals surface area contributed by atoms with Gasteiger partial charge in [-0.05, 0) is 31.0 Å². The van der Waals surface area contributed by atoms with Crippen molar-refractivity contribution < 1.29 is 14.7 Å². The van der Waals surface area contributed by atoms with E-state index in [0.717, 1.165) is 11.3 Å². The minimum absolute atomic E-state index is 0.0676. The molecule has 114 valence electrons. The molecule has 2 rings (SSSR count). The fourth-order valence-corrected chi connectivity index (χ4v) is 3.62. The Bertz CT molecular complexity index is 553. The van der Waals surface area contributed by atoms with E-state index in [9.17, 15) is 9.59 Å². The van der Waals surface area contributed by atoms with Crippen molar-refractivity contribution in [2.75, 3.05) is 18.8 Å². The molecule has 0 spiro atoms. The highest BCUT2D eigenvalue weighted by Gasteiger charge is 2.27. The molecular weight excluding hydrogens is 333 g/mol. The van der Waals surface area contributed by atoms with Gasteiger partial charge < -0.3 is 10.0 Å². The van der Waals surface area contributed by atoms with Gasteiger partial charge in [0, 0.05) is 23.0 Å². The molecule has 4 nitrogen and oxygen atoms in total. The third-order valence-electron chi connectivity index (χ3n) is 3.37. The summed E-state index contributed by atoms with van der Waals surface area (Å²) in [4.78, 5) is 25.6. The molecule has 1 amide bonds. The topological polar surface area (TPSA) is 57.6 Å². The average Bonchev–Trinajstić information content (AvgIpc) is 2.48. The van der Waals surface area contributed by atoms with Gasteiger partial charge in [-0.2, -0.15) is 0 Å². The Morgan fingerprint density at radius 1 is 1.38 bits per heavy atom. The van der Waals surface area contributed by atoms with E-state index in [0.29, 0.717) is 23.0 Å². The summed E-state index contributed by atoms with van der Waals surface area (Å²) in [5.74, 6) is -1.13. The van der Waals surface area contributed by atoms with Crippen LogP contribution in [0.5, 0.6) is 0 Å². The van der Waals surface area contributed by atoms with Crippen LogP contribution in [-0.4, -0.2) is 40.7 Å². The minimum Gasteiger partial charge on any atom is -0.481 e. The summed E-state index contributed by atoms with van der Waals surface area (Å²) < 4.78 is 0. The van der Waals surface area contributed by atoms with Crippen LogP contribution >= 0.6 is 35.0 Å². The van der Waals surface area contributed by atoms with Crippen LogP contribution in [-0.2, 0) is 9.59 Å². The Balaban J connectivity index is 1.92. The third kappa shape index (κ3) is 4.53. The largest absolute Gasteiger partial charge is 0.481 e. The van der Waals surface area contributed by atoms with E-state index < -0.39 is 11.9 Å². The zero-order chi connectivity index (χ0) is 15.4. The molecule has 1 aliphatic rings. The molecule has 7 heteroatoms. The van der Waals surface area contributed by atoms with Crippen LogP contribution in [0.1, 0.15) is 12.8 Å². The second-order valence-electron chi connectivity index (χ2n) is 4.88. The van der Waals surface area contributed by atoms with Crippen LogP contribution in [0.25, 0.3) is 0 Å². The van der Waals surface area contributed by atoms with Crippen molar-refractivity contribution in [1.29, 1.82) is 0 Å². The molecule has 0 unspecified atom stereocenters. The Labute approximate surface area is 137 Å². The number of rotatable bonds is 4. The molecule has 0 saturated carbocycles. The summed E-state index contributed by atoms with van der Waals surface area (Å²) in [5, 5.41) is 10.2. The highest BCUT2D eigenvalue weighted by Crippen LogP contribution is 2.30. The highest BCUT2D eigenvalue weighted by atomic mass is 35.5. The fourth-order valence-electron chi connectivity index (χ4n) is 2.22. The number of carbonyl (C=O) groups is 2. The van der Waals surface area contributed by atoms with E-state index in [1.165, 1.54) is 11.8 Å². The normalized spacial score (nSPS) is 18.6. The lowest BCUT2D eigenvalue weighted by molar-refractivity contribution is -0.145. The second kappa shape index (κ2) is 7.38. The van der Waals surface area contributed by atoms with Gasteiger partial charge in [0.25, 0.3) is 0 Å². The Hall–Kier alpha value is -0.910. The first-order valence-corrected chi connectivity index (χ1v) is 8.30. The van der Waals surface area contributed by atoms with E-state index in [1.807, 2.05) is 0 Å². The van der Waals surface area contributed by atoms with Crippen LogP contribution < -0.4 is 0 Å². The van der Waals surface area contributed by atoms with Gasteiger partial charge in [0.15, 0.2) is 0 Å². The van der Waals surface area contributed by atoms with Gasteiger partial charge in [0.1, 0.15) is 0 Å². The summed E-state index contributed by atoms with van der Waals surface area (Å²) in [6.45, 7) is 0.907. The summed E-state index contributed by atoms with van der Waals surface area (Å²) in [5.41, 5.74) is 0. The van der Waals surface area contributed by atoms with Gasteiger partial charge in [-0.15, -0.1) is 11.8 Å². The smallest absolute Gasteiger partial charge is 0.308 e. The van der Waals surface area contributed by atoms with Crippen molar-refractivity contribution in [3.63, 3.8) is 0 Å². The number of aliphatic carboxylic acids is 1. The zero-order valence-electron chi connectivity index (χ0n) is 11.2. The molecule has 1 aromatic carbocycles. The lowest BCUT2D eigenvalue weighted by Crippen LogP contribution is -2.43. The van der Waals surface area contributed by atoms with Gasteiger partial charge in [0.2, 0.25) is 5.91 Å². The van der Waals surface area contributed by atoms with Crippen molar-refractivity contribution in [2.45, 2.75) is 17.7 Å². The summed E-state index contributed by atoms with van der Waals surface area (Å²) >= 11 is 13.3. The summed E-state index contributed by atoms with van der Waals surface area (Å²) in [6.07, 6.45) is 1.36. The van der Waals surface area contributed by atoms with E-state index in [-0.39, 0.29) is 18.2 Å². The molecule has 1 fully saturated rings. The molecule has 0 aromatic heterocycles. The van der Waals surface area contributed by atoms with Gasteiger partial charge in [0.05, 0.1) is 16.7 Å². The molecule has 0 aliphatic carbocycles. The Morgan fingerprint density at radius 2 is 2.14 bits per heavy atom. The number of nitrogens with zero attached hydrogens (tertiary/aromatic N) is 1. The van der Waals surface area contributed by atoms with Crippen molar-refractivity contribution in [3.8, 4) is 0 Å².